The Balaban J connectivity index is 1.64. The Kier molecular flexibility index (Phi) is 4.17. The van der Waals surface area contributed by atoms with Crippen LogP contribution in [0.2, 0.25) is 0 Å². The third kappa shape index (κ3) is 3.37. The van der Waals surface area contributed by atoms with Crippen molar-refractivity contribution in [1.82, 2.24) is 9.34 Å². The molecule has 0 aliphatic carbocycles. The topological polar surface area (TPSA) is 75.5 Å². The molecule has 0 aromatic heterocycles. The van der Waals surface area contributed by atoms with Crippen molar-refractivity contribution in [3.63, 3.8) is 0 Å². The van der Waals surface area contributed by atoms with Crippen LogP contribution in [0, 0.1) is 10.1 Å². The molecule has 2 saturated heterocycles. The quantitative estimate of drug-likeness (QED) is 0.326. The SMILES string of the molecule is O=[N+]([O-])c1ccc(COP(=O)(N2CC2)N2CC2)c(-c2ccccc2)c1. The lowest BCUT2D eigenvalue weighted by atomic mass is 9.99. The fraction of sp³-hybridized carbons (Fsp3) is 0.294. The number of benzene rings is 2. The molecule has 2 aromatic rings. The predicted octanol–water partition coefficient (Wildman–Crippen LogP) is 3.52. The van der Waals surface area contributed by atoms with Crippen LogP contribution in [0.4, 0.5) is 5.69 Å². The average Bonchev–Trinajstić information content (AvgIpc) is 3.51. The van der Waals surface area contributed by atoms with E-state index in [2.05, 4.69) is 0 Å². The molecule has 4 rings (SSSR count). The van der Waals surface area contributed by atoms with Gasteiger partial charge in [0.15, 0.2) is 0 Å². The first-order chi connectivity index (χ1) is 12.1. The van der Waals surface area contributed by atoms with E-state index in [9.17, 15) is 14.7 Å². The number of non-ortho nitro benzene ring substituents is 1. The van der Waals surface area contributed by atoms with Gasteiger partial charge in [0.05, 0.1) is 11.5 Å². The Labute approximate surface area is 145 Å². The number of rotatable bonds is 7. The molecule has 2 heterocycles. The molecule has 0 unspecified atom stereocenters. The van der Waals surface area contributed by atoms with Crippen LogP contribution >= 0.6 is 7.67 Å². The molecule has 0 radical (unpaired) electrons. The van der Waals surface area contributed by atoms with E-state index in [1.807, 2.05) is 39.7 Å². The summed E-state index contributed by atoms with van der Waals surface area (Å²) in [6.45, 7) is 3.32. The zero-order chi connectivity index (χ0) is 17.4. The van der Waals surface area contributed by atoms with Gasteiger partial charge in [0.25, 0.3) is 5.69 Å². The first kappa shape index (κ1) is 16.4. The summed E-state index contributed by atoms with van der Waals surface area (Å²) in [5.41, 5.74) is 2.43. The maximum Gasteiger partial charge on any atom is 0.346 e. The van der Waals surface area contributed by atoms with Gasteiger partial charge in [-0.3, -0.25) is 14.7 Å². The summed E-state index contributed by atoms with van der Waals surface area (Å²) in [6.07, 6.45) is 0. The third-order valence-corrected chi connectivity index (χ3v) is 7.03. The molecule has 2 aliphatic rings. The van der Waals surface area contributed by atoms with Gasteiger partial charge in [-0.25, -0.2) is 9.34 Å². The van der Waals surface area contributed by atoms with E-state index in [-0.39, 0.29) is 12.3 Å². The predicted molar refractivity (Wildman–Crippen MR) is 94.1 cm³/mol. The lowest BCUT2D eigenvalue weighted by Crippen LogP contribution is -2.08. The second-order valence-corrected chi connectivity index (χ2v) is 8.51. The lowest BCUT2D eigenvalue weighted by Gasteiger charge is -2.20. The Morgan fingerprint density at radius 1 is 1.04 bits per heavy atom. The molecular formula is C17H18N3O4P. The number of nitro groups is 1. The van der Waals surface area contributed by atoms with Gasteiger partial charge < -0.3 is 4.52 Å². The summed E-state index contributed by atoms with van der Waals surface area (Å²) in [5, 5.41) is 11.1. The summed E-state index contributed by atoms with van der Waals surface area (Å²) in [4.78, 5) is 10.7. The van der Waals surface area contributed by atoms with Crippen molar-refractivity contribution in [2.75, 3.05) is 26.2 Å². The van der Waals surface area contributed by atoms with Crippen molar-refractivity contribution < 1.29 is 14.0 Å². The highest BCUT2D eigenvalue weighted by atomic mass is 31.2. The molecule has 8 heteroatoms. The van der Waals surface area contributed by atoms with Crippen LogP contribution in [0.5, 0.6) is 0 Å². The fourth-order valence-electron chi connectivity index (χ4n) is 2.78. The summed E-state index contributed by atoms with van der Waals surface area (Å²) < 4.78 is 22.6. The summed E-state index contributed by atoms with van der Waals surface area (Å²) in [7, 11) is -2.92. The highest BCUT2D eigenvalue weighted by Gasteiger charge is 2.49. The average molecular weight is 359 g/mol. The van der Waals surface area contributed by atoms with Crippen molar-refractivity contribution in [1.29, 1.82) is 0 Å². The van der Waals surface area contributed by atoms with E-state index < -0.39 is 12.6 Å². The van der Waals surface area contributed by atoms with Crippen molar-refractivity contribution in [2.45, 2.75) is 6.61 Å². The van der Waals surface area contributed by atoms with E-state index in [1.54, 1.807) is 12.1 Å². The fourth-order valence-corrected chi connectivity index (χ4v) is 4.96. The minimum Gasteiger partial charge on any atom is -0.301 e. The summed E-state index contributed by atoms with van der Waals surface area (Å²) in [6, 6.07) is 14.2. The minimum absolute atomic E-state index is 0.0303. The van der Waals surface area contributed by atoms with Crippen LogP contribution in [-0.4, -0.2) is 40.4 Å². The van der Waals surface area contributed by atoms with Crippen LogP contribution in [-0.2, 0) is 15.7 Å². The van der Waals surface area contributed by atoms with E-state index in [4.69, 9.17) is 4.52 Å². The van der Waals surface area contributed by atoms with Gasteiger partial charge in [-0.2, -0.15) is 0 Å². The van der Waals surface area contributed by atoms with E-state index in [0.717, 1.165) is 42.9 Å². The summed E-state index contributed by atoms with van der Waals surface area (Å²) in [5.74, 6) is 0. The molecule has 130 valence electrons. The molecule has 0 atom stereocenters. The molecule has 0 N–H and O–H groups in total. The van der Waals surface area contributed by atoms with Gasteiger partial charge >= 0.3 is 7.67 Å². The third-order valence-electron chi connectivity index (χ3n) is 4.34. The Morgan fingerprint density at radius 3 is 2.24 bits per heavy atom. The van der Waals surface area contributed by atoms with Crippen LogP contribution in [0.3, 0.4) is 0 Å². The highest BCUT2D eigenvalue weighted by Crippen LogP contribution is 2.61. The van der Waals surface area contributed by atoms with Gasteiger partial charge in [0.2, 0.25) is 0 Å². The molecule has 0 spiro atoms. The van der Waals surface area contributed by atoms with Gasteiger partial charge in [0, 0.05) is 38.3 Å². The molecule has 0 bridgehead atoms. The standard InChI is InChI=1S/C17H18N3O4P/c21-20(22)16-7-6-15(17(12-16)14-4-2-1-3-5-14)13-24-25(23,18-8-9-18)19-10-11-19/h1-7,12H,8-11,13H2. The Bertz CT molecular complexity index is 834. The molecule has 2 aromatic carbocycles. The van der Waals surface area contributed by atoms with Crippen LogP contribution in [0.1, 0.15) is 5.56 Å². The first-order valence-electron chi connectivity index (χ1n) is 8.16. The van der Waals surface area contributed by atoms with Crippen molar-refractivity contribution in [2.24, 2.45) is 0 Å². The Morgan fingerprint density at radius 2 is 1.68 bits per heavy atom. The molecule has 0 amide bonds. The van der Waals surface area contributed by atoms with Gasteiger partial charge in [-0.15, -0.1) is 0 Å². The molecule has 2 aliphatic heterocycles. The smallest absolute Gasteiger partial charge is 0.301 e. The van der Waals surface area contributed by atoms with E-state index in [0.29, 0.717) is 0 Å². The zero-order valence-electron chi connectivity index (χ0n) is 13.6. The lowest BCUT2D eigenvalue weighted by molar-refractivity contribution is -0.384. The van der Waals surface area contributed by atoms with Crippen molar-refractivity contribution in [3.05, 3.63) is 64.2 Å². The van der Waals surface area contributed by atoms with Gasteiger partial charge in [0.1, 0.15) is 0 Å². The molecular weight excluding hydrogens is 341 g/mol. The van der Waals surface area contributed by atoms with Crippen LogP contribution < -0.4 is 0 Å². The second-order valence-electron chi connectivity index (χ2n) is 6.14. The van der Waals surface area contributed by atoms with Gasteiger partial charge in [-0.1, -0.05) is 30.3 Å². The van der Waals surface area contributed by atoms with Crippen LogP contribution in [0.15, 0.2) is 48.5 Å². The first-order valence-corrected chi connectivity index (χ1v) is 9.69. The van der Waals surface area contributed by atoms with E-state index >= 15 is 0 Å². The maximum atomic E-state index is 13.1. The number of nitro benzene ring substituents is 1. The number of nitrogens with zero attached hydrogens (tertiary/aromatic N) is 3. The summed E-state index contributed by atoms with van der Waals surface area (Å²) >= 11 is 0. The number of hydrogen-bond donors (Lipinski definition) is 0. The Hall–Kier alpha value is -2.05. The zero-order valence-corrected chi connectivity index (χ0v) is 14.5. The van der Waals surface area contributed by atoms with Crippen molar-refractivity contribution in [3.8, 4) is 11.1 Å². The van der Waals surface area contributed by atoms with Gasteiger partial charge in [-0.05, 0) is 22.8 Å². The number of hydrogen-bond acceptors (Lipinski definition) is 4. The highest BCUT2D eigenvalue weighted by molar-refractivity contribution is 7.54. The largest absolute Gasteiger partial charge is 0.346 e. The maximum absolute atomic E-state index is 13.1. The monoisotopic (exact) mass is 359 g/mol. The van der Waals surface area contributed by atoms with E-state index in [1.165, 1.54) is 6.07 Å². The minimum atomic E-state index is -2.92. The van der Waals surface area contributed by atoms with Crippen molar-refractivity contribution >= 4 is 13.4 Å². The van der Waals surface area contributed by atoms with Crippen LogP contribution in [0.25, 0.3) is 11.1 Å². The second kappa shape index (κ2) is 6.35. The molecule has 25 heavy (non-hydrogen) atoms. The molecule has 2 fully saturated rings. The molecule has 7 nitrogen and oxygen atoms in total. The molecule has 0 saturated carbocycles. The normalized spacial score (nSPS) is 17.4.